The quantitative estimate of drug-likeness (QED) is 0.893. The highest BCUT2D eigenvalue weighted by Gasteiger charge is 2.29. The summed E-state index contributed by atoms with van der Waals surface area (Å²) in [6, 6.07) is 3.87. The fourth-order valence-electron chi connectivity index (χ4n) is 3.23. The molecule has 1 aromatic carbocycles. The van der Waals surface area contributed by atoms with Crippen LogP contribution in [0.4, 0.5) is 8.78 Å². The van der Waals surface area contributed by atoms with Gasteiger partial charge in [-0.15, -0.1) is 0 Å². The number of aromatic amines is 1. The number of nitrogens with one attached hydrogen (secondary N) is 1. The van der Waals surface area contributed by atoms with Gasteiger partial charge < -0.3 is 10.1 Å². The number of hydrogen-bond donors (Lipinski definition) is 2. The lowest BCUT2D eigenvalue weighted by molar-refractivity contribution is -0.137. The summed E-state index contributed by atoms with van der Waals surface area (Å²) in [4.78, 5) is 13.7. The lowest BCUT2D eigenvalue weighted by Gasteiger charge is -2.21. The third kappa shape index (κ3) is 2.71. The Morgan fingerprint density at radius 1 is 1.39 bits per heavy atom. The second-order valence-electron chi connectivity index (χ2n) is 5.72. The first-order valence-electron chi connectivity index (χ1n) is 7.19. The minimum absolute atomic E-state index is 0.0119. The number of aliphatic carboxylic acids is 1. The maximum absolute atomic E-state index is 12.7. The van der Waals surface area contributed by atoms with Crippen molar-refractivity contribution in [1.29, 1.82) is 0 Å². The van der Waals surface area contributed by atoms with Crippen LogP contribution in [0.3, 0.4) is 0 Å². The molecule has 1 aromatic heterocycles. The number of sulfone groups is 1. The molecule has 1 unspecified atom stereocenters. The molecule has 124 valence electrons. The first kappa shape index (κ1) is 15.9. The molecule has 0 saturated heterocycles. The van der Waals surface area contributed by atoms with Gasteiger partial charge in [-0.2, -0.15) is 8.78 Å². The molecule has 0 amide bonds. The Kier molecular flexibility index (Phi) is 3.87. The van der Waals surface area contributed by atoms with E-state index in [1.807, 2.05) is 0 Å². The lowest BCUT2D eigenvalue weighted by Crippen LogP contribution is -2.13. The van der Waals surface area contributed by atoms with E-state index in [4.69, 9.17) is 5.11 Å². The molecule has 1 heterocycles. The van der Waals surface area contributed by atoms with E-state index in [1.165, 1.54) is 12.1 Å². The number of carbonyl (C=O) groups is 1. The number of halogens is 2. The Morgan fingerprint density at radius 2 is 2.13 bits per heavy atom. The van der Waals surface area contributed by atoms with E-state index in [0.29, 0.717) is 17.3 Å². The van der Waals surface area contributed by atoms with Gasteiger partial charge >= 0.3 is 11.7 Å². The van der Waals surface area contributed by atoms with Crippen LogP contribution in [0.1, 0.15) is 36.4 Å². The van der Waals surface area contributed by atoms with Crippen LogP contribution >= 0.6 is 0 Å². The molecule has 2 aromatic rings. The van der Waals surface area contributed by atoms with Crippen molar-refractivity contribution in [2.24, 2.45) is 0 Å². The van der Waals surface area contributed by atoms with Gasteiger partial charge in [0.25, 0.3) is 0 Å². The molecule has 0 spiro atoms. The second kappa shape index (κ2) is 5.59. The van der Waals surface area contributed by atoms with Gasteiger partial charge in [-0.25, -0.2) is 8.42 Å². The van der Waals surface area contributed by atoms with E-state index in [1.54, 1.807) is 0 Å². The normalized spacial score (nSPS) is 18.3. The van der Waals surface area contributed by atoms with Crippen LogP contribution in [0, 0.1) is 0 Å². The highest BCUT2D eigenvalue weighted by atomic mass is 32.2. The topological polar surface area (TPSA) is 87.2 Å². The number of alkyl halides is 2. The molecule has 2 N–H and O–H groups in total. The van der Waals surface area contributed by atoms with Crippen molar-refractivity contribution in [3.8, 4) is 0 Å². The van der Waals surface area contributed by atoms with Crippen molar-refractivity contribution in [1.82, 2.24) is 4.98 Å². The zero-order valence-electron chi connectivity index (χ0n) is 12.1. The molecular formula is C15H15F2NO4S. The smallest absolute Gasteiger partial charge is 0.341 e. The zero-order valence-corrected chi connectivity index (χ0v) is 12.9. The van der Waals surface area contributed by atoms with E-state index in [0.717, 1.165) is 30.2 Å². The maximum atomic E-state index is 12.7. The Labute approximate surface area is 131 Å². The van der Waals surface area contributed by atoms with Crippen molar-refractivity contribution in [2.45, 2.75) is 42.3 Å². The molecule has 0 radical (unpaired) electrons. The molecule has 0 saturated carbocycles. The number of aromatic nitrogens is 1. The fourth-order valence-corrected chi connectivity index (χ4v) is 3.98. The highest BCUT2D eigenvalue weighted by Crippen LogP contribution is 2.38. The van der Waals surface area contributed by atoms with Crippen LogP contribution in [-0.2, 0) is 21.1 Å². The van der Waals surface area contributed by atoms with E-state index in [9.17, 15) is 22.0 Å². The van der Waals surface area contributed by atoms with Gasteiger partial charge in [0.15, 0.2) is 0 Å². The van der Waals surface area contributed by atoms with Gasteiger partial charge in [0, 0.05) is 22.5 Å². The summed E-state index contributed by atoms with van der Waals surface area (Å²) in [6.07, 6.45) is 2.17. The Bertz CT molecular complexity index is 873. The number of fused-ring (bicyclic) bond motifs is 3. The monoisotopic (exact) mass is 343 g/mol. The van der Waals surface area contributed by atoms with Gasteiger partial charge in [0.2, 0.25) is 9.84 Å². The summed E-state index contributed by atoms with van der Waals surface area (Å²) in [5, 5.41) is 9.58. The summed E-state index contributed by atoms with van der Waals surface area (Å²) < 4.78 is 48.7. The second-order valence-corrected chi connectivity index (χ2v) is 7.64. The third-order valence-corrected chi connectivity index (χ3v) is 5.66. The van der Waals surface area contributed by atoms with Crippen LogP contribution in [0.15, 0.2) is 23.1 Å². The molecule has 1 aliphatic rings. The van der Waals surface area contributed by atoms with Crippen molar-refractivity contribution in [3.05, 3.63) is 29.5 Å². The first-order valence-corrected chi connectivity index (χ1v) is 8.73. The number of hydrogen-bond acceptors (Lipinski definition) is 3. The molecule has 1 atom stereocenters. The lowest BCUT2D eigenvalue weighted by atomic mass is 9.85. The van der Waals surface area contributed by atoms with E-state index >= 15 is 0 Å². The fraction of sp³-hybridized carbons (Fsp3) is 0.400. The van der Waals surface area contributed by atoms with Gasteiger partial charge in [-0.1, -0.05) is 0 Å². The SMILES string of the molecule is O=C(O)CC1CCCc2c1[nH]c1ccc(S(=O)(=O)C(F)F)cc21. The largest absolute Gasteiger partial charge is 0.481 e. The van der Waals surface area contributed by atoms with Crippen LogP contribution in [0.25, 0.3) is 10.9 Å². The predicted octanol–water partition coefficient (Wildman–Crippen LogP) is 3.06. The summed E-state index contributed by atoms with van der Waals surface area (Å²) >= 11 is 0. The minimum Gasteiger partial charge on any atom is -0.481 e. The number of benzene rings is 1. The molecule has 1 aliphatic carbocycles. The molecule has 5 nitrogen and oxygen atoms in total. The Balaban J connectivity index is 2.13. The summed E-state index contributed by atoms with van der Waals surface area (Å²) in [7, 11) is -4.65. The van der Waals surface area contributed by atoms with E-state index < -0.39 is 26.5 Å². The number of carboxylic acid groups (broad SMARTS) is 1. The van der Waals surface area contributed by atoms with Crippen LogP contribution < -0.4 is 0 Å². The number of H-pyrrole nitrogens is 1. The molecule has 3 rings (SSSR count). The van der Waals surface area contributed by atoms with Gasteiger partial charge in [-0.3, -0.25) is 4.79 Å². The molecule has 23 heavy (non-hydrogen) atoms. The van der Waals surface area contributed by atoms with Crippen LogP contribution in [-0.4, -0.2) is 30.2 Å². The summed E-state index contributed by atoms with van der Waals surface area (Å²) in [5.74, 6) is -4.53. The van der Waals surface area contributed by atoms with Crippen molar-refractivity contribution < 1.29 is 27.1 Å². The first-order chi connectivity index (χ1) is 10.8. The predicted molar refractivity (Wildman–Crippen MR) is 79.4 cm³/mol. The van der Waals surface area contributed by atoms with Crippen molar-refractivity contribution >= 4 is 26.7 Å². The molecular weight excluding hydrogens is 328 g/mol. The van der Waals surface area contributed by atoms with Crippen molar-refractivity contribution in [2.75, 3.05) is 0 Å². The molecule has 0 aliphatic heterocycles. The number of carboxylic acids is 1. The Hall–Kier alpha value is -1.96. The van der Waals surface area contributed by atoms with Crippen molar-refractivity contribution in [3.63, 3.8) is 0 Å². The third-order valence-electron chi connectivity index (χ3n) is 4.28. The highest BCUT2D eigenvalue weighted by molar-refractivity contribution is 7.91. The van der Waals surface area contributed by atoms with Gasteiger partial charge in [0.1, 0.15) is 0 Å². The number of rotatable bonds is 4. The van der Waals surface area contributed by atoms with Crippen LogP contribution in [0.2, 0.25) is 0 Å². The summed E-state index contributed by atoms with van der Waals surface area (Å²) in [5.41, 5.74) is 2.25. The average molecular weight is 343 g/mol. The van der Waals surface area contributed by atoms with Crippen LogP contribution in [0.5, 0.6) is 0 Å². The molecule has 0 fully saturated rings. The number of aryl methyl sites for hydroxylation is 1. The standard InChI is InChI=1S/C15H15F2NO4S/c16-15(17)23(21,22)9-4-5-12-11(7-9)10-3-1-2-8(6-13(19)20)14(10)18-12/h4-5,7-8,15,18H,1-3,6H2,(H,19,20). The van der Waals surface area contributed by atoms with Gasteiger partial charge in [0.05, 0.1) is 11.3 Å². The Morgan fingerprint density at radius 3 is 2.78 bits per heavy atom. The minimum atomic E-state index is -4.65. The molecule has 8 heteroatoms. The average Bonchev–Trinajstić information content (AvgIpc) is 2.85. The van der Waals surface area contributed by atoms with E-state index in [-0.39, 0.29) is 12.3 Å². The zero-order chi connectivity index (χ0) is 16.8. The van der Waals surface area contributed by atoms with Gasteiger partial charge in [-0.05, 0) is 43.0 Å². The summed E-state index contributed by atoms with van der Waals surface area (Å²) in [6.45, 7) is 0. The molecule has 0 bridgehead atoms. The van der Waals surface area contributed by atoms with E-state index in [2.05, 4.69) is 4.98 Å². The maximum Gasteiger partial charge on any atom is 0.341 e.